The lowest BCUT2D eigenvalue weighted by Gasteiger charge is -2.44. The molecule has 0 N–H and O–H groups in total. The highest BCUT2D eigenvalue weighted by Crippen LogP contribution is 2.29. The standard InChI is InChI=1S/C25H21BClNO/c27-23-16-14-20(15-17-23)25-19-24-13-7-8-18-28(24)26(29-25,21-9-3-1-4-10-21)22-11-5-2-6-12-22/h1-18,25H,19H2. The molecule has 1 aliphatic heterocycles. The summed E-state index contributed by atoms with van der Waals surface area (Å²) in [6, 6.07) is 35.5. The highest BCUT2D eigenvalue weighted by atomic mass is 35.5. The lowest BCUT2D eigenvalue weighted by atomic mass is 9.40. The summed E-state index contributed by atoms with van der Waals surface area (Å²) < 4.78 is 9.41. The Morgan fingerprint density at radius 2 is 1.31 bits per heavy atom. The van der Waals surface area contributed by atoms with Gasteiger partial charge in [0, 0.05) is 11.1 Å². The van der Waals surface area contributed by atoms with Gasteiger partial charge >= 0.3 is 6.48 Å². The molecule has 0 fully saturated rings. The molecule has 3 aromatic carbocycles. The van der Waals surface area contributed by atoms with Crippen LogP contribution in [-0.4, -0.2) is 6.48 Å². The van der Waals surface area contributed by atoms with Crippen LogP contribution in [0, 0.1) is 0 Å². The molecule has 142 valence electrons. The van der Waals surface area contributed by atoms with Crippen LogP contribution >= 0.6 is 11.6 Å². The highest BCUT2D eigenvalue weighted by molar-refractivity contribution is 6.90. The monoisotopic (exact) mass is 397 g/mol. The normalized spacial score (nSPS) is 17.5. The van der Waals surface area contributed by atoms with Crippen molar-refractivity contribution in [2.45, 2.75) is 12.5 Å². The molecule has 0 bridgehead atoms. The number of nitrogens with zero attached hydrogens (tertiary/aromatic N) is 1. The molecule has 1 aliphatic rings. The van der Waals surface area contributed by atoms with Gasteiger partial charge in [0.25, 0.3) is 0 Å². The molecule has 1 atom stereocenters. The summed E-state index contributed by atoms with van der Waals surface area (Å²) in [7, 11) is 0. The van der Waals surface area contributed by atoms with Crippen LogP contribution in [0.25, 0.3) is 0 Å². The summed E-state index contributed by atoms with van der Waals surface area (Å²) in [5.41, 5.74) is 4.72. The highest BCUT2D eigenvalue weighted by Gasteiger charge is 2.48. The van der Waals surface area contributed by atoms with Crippen molar-refractivity contribution in [2.24, 2.45) is 0 Å². The molecule has 0 spiro atoms. The number of aromatic nitrogens is 1. The van der Waals surface area contributed by atoms with Crippen molar-refractivity contribution in [3.63, 3.8) is 0 Å². The van der Waals surface area contributed by atoms with E-state index in [1.54, 1.807) is 0 Å². The zero-order chi connectivity index (χ0) is 19.7. The van der Waals surface area contributed by atoms with E-state index in [4.69, 9.17) is 16.3 Å². The van der Waals surface area contributed by atoms with E-state index in [9.17, 15) is 0 Å². The van der Waals surface area contributed by atoms with Crippen molar-refractivity contribution in [3.05, 3.63) is 126 Å². The molecule has 29 heavy (non-hydrogen) atoms. The summed E-state index contributed by atoms with van der Waals surface area (Å²) in [5, 5.41) is 0.738. The van der Waals surface area contributed by atoms with E-state index in [1.165, 1.54) is 5.69 Å². The van der Waals surface area contributed by atoms with Gasteiger partial charge in [0.05, 0.1) is 12.5 Å². The first-order valence-corrected chi connectivity index (χ1v) is 10.3. The van der Waals surface area contributed by atoms with Crippen LogP contribution in [0.15, 0.2) is 109 Å². The third-order valence-electron chi connectivity index (χ3n) is 5.87. The Morgan fingerprint density at radius 3 is 1.93 bits per heavy atom. The fourth-order valence-electron chi connectivity index (χ4n) is 4.53. The summed E-state index contributed by atoms with van der Waals surface area (Å²) >= 11 is 6.14. The molecular weight excluding hydrogens is 377 g/mol. The SMILES string of the molecule is Clc1ccc(C2Cc3cccc[n+]3[B-](c3ccccc3)(c3ccccc3)O2)cc1. The minimum atomic E-state index is -1.64. The molecule has 0 amide bonds. The van der Waals surface area contributed by atoms with Crippen LogP contribution in [0.4, 0.5) is 0 Å². The van der Waals surface area contributed by atoms with Crippen molar-refractivity contribution in [3.8, 4) is 0 Å². The Balaban J connectivity index is 1.77. The minimum absolute atomic E-state index is 0.0601. The molecule has 5 rings (SSSR count). The first-order chi connectivity index (χ1) is 14.3. The summed E-state index contributed by atoms with van der Waals surface area (Å²) in [5.74, 6) is 0. The largest absolute Gasteiger partial charge is 0.518 e. The zero-order valence-corrected chi connectivity index (χ0v) is 16.7. The number of pyridine rings is 1. The summed E-state index contributed by atoms with van der Waals surface area (Å²) in [6.07, 6.45) is 2.90. The van der Waals surface area contributed by atoms with E-state index in [2.05, 4.69) is 89.5 Å². The molecular formula is C25H21BClNO. The van der Waals surface area contributed by atoms with Gasteiger partial charge in [0.1, 0.15) is 11.9 Å². The zero-order valence-electron chi connectivity index (χ0n) is 16.0. The Labute approximate surface area is 176 Å². The predicted molar refractivity (Wildman–Crippen MR) is 119 cm³/mol. The molecule has 0 aliphatic carbocycles. The van der Waals surface area contributed by atoms with E-state index in [-0.39, 0.29) is 6.10 Å². The Bertz CT molecular complexity index is 1080. The molecule has 2 heterocycles. The van der Waals surface area contributed by atoms with Crippen LogP contribution in [0.1, 0.15) is 17.4 Å². The predicted octanol–water partition coefficient (Wildman–Crippen LogP) is 4.05. The van der Waals surface area contributed by atoms with Crippen molar-refractivity contribution in [2.75, 3.05) is 0 Å². The van der Waals surface area contributed by atoms with E-state index in [0.29, 0.717) is 0 Å². The Morgan fingerprint density at radius 1 is 0.724 bits per heavy atom. The molecule has 4 heteroatoms. The van der Waals surface area contributed by atoms with Crippen LogP contribution in [0.3, 0.4) is 0 Å². The van der Waals surface area contributed by atoms with Gasteiger partial charge in [-0.3, -0.25) is 0 Å². The maximum absolute atomic E-state index is 7.08. The van der Waals surface area contributed by atoms with Gasteiger partial charge in [-0.15, -0.1) is 0 Å². The Hall–Kier alpha value is -2.88. The average Bonchev–Trinajstić information content (AvgIpc) is 2.80. The molecule has 0 saturated carbocycles. The second-order valence-corrected chi connectivity index (χ2v) is 7.98. The van der Waals surface area contributed by atoms with Crippen LogP contribution in [0.2, 0.25) is 5.02 Å². The lowest BCUT2D eigenvalue weighted by Crippen LogP contribution is -2.83. The van der Waals surface area contributed by atoms with Gasteiger partial charge in [-0.25, -0.2) is 0 Å². The van der Waals surface area contributed by atoms with Gasteiger partial charge in [-0.2, -0.15) is 0 Å². The van der Waals surface area contributed by atoms with Crippen molar-refractivity contribution < 1.29 is 9.13 Å². The van der Waals surface area contributed by atoms with Gasteiger partial charge in [-0.05, 0) is 23.8 Å². The van der Waals surface area contributed by atoms with Gasteiger partial charge < -0.3 is 9.13 Å². The average molecular weight is 398 g/mol. The van der Waals surface area contributed by atoms with Crippen LogP contribution in [-0.2, 0) is 11.1 Å². The maximum atomic E-state index is 7.08. The molecule has 4 aromatic rings. The second-order valence-electron chi connectivity index (χ2n) is 7.54. The molecule has 2 nitrogen and oxygen atoms in total. The fraction of sp³-hybridized carbons (Fsp3) is 0.0800. The third-order valence-corrected chi connectivity index (χ3v) is 6.12. The van der Waals surface area contributed by atoms with E-state index >= 15 is 0 Å². The number of hydrogen-bond donors (Lipinski definition) is 0. The van der Waals surface area contributed by atoms with Crippen LogP contribution < -0.4 is 15.4 Å². The van der Waals surface area contributed by atoms with Gasteiger partial charge in [0.2, 0.25) is 0 Å². The number of benzene rings is 3. The Kier molecular flexibility index (Phi) is 4.71. The fourth-order valence-corrected chi connectivity index (χ4v) is 4.66. The molecule has 0 radical (unpaired) electrons. The van der Waals surface area contributed by atoms with E-state index in [0.717, 1.165) is 27.9 Å². The first-order valence-electron chi connectivity index (χ1n) is 9.96. The van der Waals surface area contributed by atoms with Gasteiger partial charge in [0.15, 0.2) is 0 Å². The van der Waals surface area contributed by atoms with Crippen molar-refractivity contribution in [1.82, 2.24) is 0 Å². The third kappa shape index (κ3) is 3.17. The van der Waals surface area contributed by atoms with Crippen molar-refractivity contribution >= 4 is 29.0 Å². The molecule has 1 aromatic heterocycles. The second kappa shape index (κ2) is 7.51. The van der Waals surface area contributed by atoms with Crippen LogP contribution in [0.5, 0.6) is 0 Å². The van der Waals surface area contributed by atoms with E-state index < -0.39 is 6.48 Å². The molecule has 0 saturated heterocycles. The number of rotatable bonds is 3. The van der Waals surface area contributed by atoms with Gasteiger partial charge in [-0.1, -0.05) is 101 Å². The minimum Gasteiger partial charge on any atom is -0.518 e. The van der Waals surface area contributed by atoms with E-state index in [1.807, 2.05) is 24.3 Å². The first kappa shape index (κ1) is 18.2. The number of halogens is 1. The lowest BCUT2D eigenvalue weighted by molar-refractivity contribution is -0.574. The molecule has 1 unspecified atom stereocenters. The van der Waals surface area contributed by atoms with Crippen molar-refractivity contribution in [1.29, 1.82) is 0 Å². The quantitative estimate of drug-likeness (QED) is 0.475. The topological polar surface area (TPSA) is 13.1 Å². The maximum Gasteiger partial charge on any atom is 0.463 e. The summed E-state index contributed by atoms with van der Waals surface area (Å²) in [6.45, 7) is -1.64. The number of hydrogen-bond acceptors (Lipinski definition) is 1. The smallest absolute Gasteiger partial charge is 0.463 e. The summed E-state index contributed by atoms with van der Waals surface area (Å²) in [4.78, 5) is 0. The number of fused-ring (bicyclic) bond motifs is 1.